The van der Waals surface area contributed by atoms with Crippen molar-refractivity contribution in [3.05, 3.63) is 0 Å². The lowest BCUT2D eigenvalue weighted by Gasteiger charge is -2.25. The molecule has 7 heteroatoms. The number of rotatable bonds is 9. The number of hydrogen-bond donors (Lipinski definition) is 1. The van der Waals surface area contributed by atoms with Gasteiger partial charge in [0.25, 0.3) is 0 Å². The maximum atomic E-state index is 12.2. The summed E-state index contributed by atoms with van der Waals surface area (Å²) < 4.78 is 15.5. The molecule has 0 atom stereocenters. The molecular weight excluding hydrogens is 276 g/mol. The summed E-state index contributed by atoms with van der Waals surface area (Å²) in [5, 5.41) is 3.24. The Kier molecular flexibility index (Phi) is 8.96. The lowest BCUT2D eigenvalue weighted by molar-refractivity contribution is -0.151. The molecule has 0 aliphatic carbocycles. The van der Waals surface area contributed by atoms with Gasteiger partial charge in [0, 0.05) is 13.7 Å². The first-order valence-corrected chi connectivity index (χ1v) is 7.42. The highest BCUT2D eigenvalue weighted by Crippen LogP contribution is 2.07. The largest absolute Gasteiger partial charge is 0.465 e. The number of esters is 1. The predicted molar refractivity (Wildman–Crippen MR) is 76.9 cm³/mol. The predicted octanol–water partition coefficient (Wildman–Crippen LogP) is -0.207. The maximum Gasteiger partial charge on any atom is 0.325 e. The second kappa shape index (κ2) is 10.5. The second-order valence-corrected chi connectivity index (χ2v) is 4.87. The van der Waals surface area contributed by atoms with Crippen molar-refractivity contribution in [2.75, 3.05) is 53.1 Å². The Bertz CT molecular complexity index is 318. The van der Waals surface area contributed by atoms with Crippen LogP contribution in [0.15, 0.2) is 0 Å². The van der Waals surface area contributed by atoms with Gasteiger partial charge in [-0.15, -0.1) is 0 Å². The zero-order valence-corrected chi connectivity index (χ0v) is 12.9. The monoisotopic (exact) mass is 302 g/mol. The zero-order valence-electron chi connectivity index (χ0n) is 12.9. The van der Waals surface area contributed by atoms with E-state index in [1.807, 2.05) is 0 Å². The van der Waals surface area contributed by atoms with E-state index in [2.05, 4.69) is 5.32 Å². The number of methoxy groups -OCH3 is 1. The van der Waals surface area contributed by atoms with Crippen molar-refractivity contribution in [1.29, 1.82) is 0 Å². The van der Waals surface area contributed by atoms with Gasteiger partial charge in [-0.25, -0.2) is 0 Å². The van der Waals surface area contributed by atoms with E-state index in [1.165, 1.54) is 4.90 Å². The Morgan fingerprint density at radius 1 is 1.29 bits per heavy atom. The van der Waals surface area contributed by atoms with Crippen LogP contribution >= 0.6 is 0 Å². The normalized spacial score (nSPS) is 15.7. The van der Waals surface area contributed by atoms with E-state index in [0.717, 1.165) is 25.9 Å². The number of amides is 1. The molecule has 0 spiro atoms. The van der Waals surface area contributed by atoms with Crippen LogP contribution in [0.5, 0.6) is 0 Å². The lowest BCUT2D eigenvalue weighted by atomic mass is 10.1. The number of nitrogens with one attached hydrogen (secondary N) is 1. The smallest absolute Gasteiger partial charge is 0.325 e. The molecule has 1 heterocycles. The summed E-state index contributed by atoms with van der Waals surface area (Å²) in [7, 11) is 1.55. The molecule has 1 amide bonds. The van der Waals surface area contributed by atoms with Gasteiger partial charge in [0.2, 0.25) is 5.91 Å². The molecule has 0 bridgehead atoms. The van der Waals surface area contributed by atoms with Crippen LogP contribution < -0.4 is 5.32 Å². The van der Waals surface area contributed by atoms with Crippen LogP contribution in [0.1, 0.15) is 19.8 Å². The Labute approximate surface area is 125 Å². The summed E-state index contributed by atoms with van der Waals surface area (Å²) >= 11 is 0. The molecule has 1 saturated heterocycles. The van der Waals surface area contributed by atoms with Crippen molar-refractivity contribution in [2.24, 2.45) is 0 Å². The Hall–Kier alpha value is -1.18. The maximum absolute atomic E-state index is 12.2. The summed E-state index contributed by atoms with van der Waals surface area (Å²) in [5.41, 5.74) is 0. The summed E-state index contributed by atoms with van der Waals surface area (Å²) in [4.78, 5) is 25.1. The first-order chi connectivity index (χ1) is 10.2. The van der Waals surface area contributed by atoms with Crippen LogP contribution in [0.25, 0.3) is 0 Å². The molecule has 122 valence electrons. The molecule has 7 nitrogen and oxygen atoms in total. The number of piperidine rings is 1. The highest BCUT2D eigenvalue weighted by molar-refractivity contribution is 5.82. The number of carbonyl (C=O) groups excluding carboxylic acids is 2. The van der Waals surface area contributed by atoms with E-state index in [0.29, 0.717) is 19.8 Å². The molecule has 1 fully saturated rings. The summed E-state index contributed by atoms with van der Waals surface area (Å²) in [6.07, 6.45) is 1.92. The number of ether oxygens (including phenoxy) is 3. The van der Waals surface area contributed by atoms with Crippen molar-refractivity contribution in [3.8, 4) is 0 Å². The first kappa shape index (κ1) is 17.9. The molecule has 1 aliphatic rings. The van der Waals surface area contributed by atoms with Crippen LogP contribution in [0.2, 0.25) is 0 Å². The molecule has 1 rings (SSSR count). The minimum atomic E-state index is -0.413. The first-order valence-electron chi connectivity index (χ1n) is 7.42. The average Bonchev–Trinajstić information content (AvgIpc) is 2.50. The quantitative estimate of drug-likeness (QED) is 0.594. The molecule has 0 aromatic rings. The van der Waals surface area contributed by atoms with Gasteiger partial charge in [-0.2, -0.15) is 0 Å². The van der Waals surface area contributed by atoms with Gasteiger partial charge in [0.15, 0.2) is 0 Å². The van der Waals surface area contributed by atoms with Crippen LogP contribution in [0, 0.1) is 0 Å². The Morgan fingerprint density at radius 2 is 2.00 bits per heavy atom. The van der Waals surface area contributed by atoms with Crippen molar-refractivity contribution in [2.45, 2.75) is 25.9 Å². The SMILES string of the molecule is CCOC(=O)CN(CCOC)C(=O)COC1CCNCC1. The van der Waals surface area contributed by atoms with E-state index >= 15 is 0 Å². The third-order valence-corrected chi connectivity index (χ3v) is 3.27. The second-order valence-electron chi connectivity index (χ2n) is 4.87. The van der Waals surface area contributed by atoms with Gasteiger partial charge in [-0.05, 0) is 32.9 Å². The number of nitrogens with zero attached hydrogens (tertiary/aromatic N) is 1. The van der Waals surface area contributed by atoms with Gasteiger partial charge in [0.05, 0.1) is 19.3 Å². The molecule has 0 radical (unpaired) electrons. The fourth-order valence-electron chi connectivity index (χ4n) is 2.10. The van der Waals surface area contributed by atoms with Crippen LogP contribution in [-0.2, 0) is 23.8 Å². The zero-order chi connectivity index (χ0) is 15.5. The molecular formula is C14H26N2O5. The Morgan fingerprint density at radius 3 is 2.62 bits per heavy atom. The van der Waals surface area contributed by atoms with Crippen molar-refractivity contribution in [3.63, 3.8) is 0 Å². The molecule has 0 aromatic heterocycles. The lowest BCUT2D eigenvalue weighted by Crippen LogP contribution is -2.42. The topological polar surface area (TPSA) is 77.1 Å². The van der Waals surface area contributed by atoms with Gasteiger partial charge in [0.1, 0.15) is 13.2 Å². The highest BCUT2D eigenvalue weighted by Gasteiger charge is 2.20. The van der Waals surface area contributed by atoms with E-state index in [4.69, 9.17) is 14.2 Å². The molecule has 1 aliphatic heterocycles. The highest BCUT2D eigenvalue weighted by atomic mass is 16.5. The van der Waals surface area contributed by atoms with Gasteiger partial charge in [-0.3, -0.25) is 9.59 Å². The fourth-order valence-corrected chi connectivity index (χ4v) is 2.10. The van der Waals surface area contributed by atoms with E-state index in [-0.39, 0.29) is 25.2 Å². The summed E-state index contributed by atoms with van der Waals surface area (Å²) in [5.74, 6) is -0.623. The van der Waals surface area contributed by atoms with Crippen molar-refractivity contribution in [1.82, 2.24) is 10.2 Å². The average molecular weight is 302 g/mol. The third-order valence-electron chi connectivity index (χ3n) is 3.27. The fraction of sp³-hybridized carbons (Fsp3) is 0.857. The number of hydrogen-bond acceptors (Lipinski definition) is 6. The minimum Gasteiger partial charge on any atom is -0.465 e. The molecule has 0 saturated carbocycles. The molecule has 0 aromatic carbocycles. The molecule has 0 unspecified atom stereocenters. The van der Waals surface area contributed by atoms with Gasteiger partial charge < -0.3 is 24.4 Å². The summed E-state index contributed by atoms with van der Waals surface area (Å²) in [6.45, 7) is 4.52. The van der Waals surface area contributed by atoms with Crippen molar-refractivity contribution >= 4 is 11.9 Å². The standard InChI is InChI=1S/C14H26N2O5/c1-3-20-14(18)10-16(8-9-19-2)13(17)11-21-12-4-6-15-7-5-12/h12,15H,3-11H2,1-2H3. The minimum absolute atomic E-state index is 0.00616. The van der Waals surface area contributed by atoms with Crippen LogP contribution in [0.4, 0.5) is 0 Å². The van der Waals surface area contributed by atoms with Gasteiger partial charge >= 0.3 is 5.97 Å². The number of carbonyl (C=O) groups is 2. The Balaban J connectivity index is 2.39. The van der Waals surface area contributed by atoms with E-state index in [1.54, 1.807) is 14.0 Å². The molecule has 1 N–H and O–H groups in total. The molecule has 21 heavy (non-hydrogen) atoms. The van der Waals surface area contributed by atoms with Gasteiger partial charge in [-0.1, -0.05) is 0 Å². The van der Waals surface area contributed by atoms with E-state index < -0.39 is 5.97 Å². The van der Waals surface area contributed by atoms with Crippen LogP contribution in [-0.4, -0.2) is 76.0 Å². The van der Waals surface area contributed by atoms with Crippen molar-refractivity contribution < 1.29 is 23.8 Å². The van der Waals surface area contributed by atoms with E-state index in [9.17, 15) is 9.59 Å². The third kappa shape index (κ3) is 7.40. The van der Waals surface area contributed by atoms with Crippen LogP contribution in [0.3, 0.4) is 0 Å². The summed E-state index contributed by atoms with van der Waals surface area (Å²) in [6, 6.07) is 0.